The van der Waals surface area contributed by atoms with E-state index in [4.69, 9.17) is 4.74 Å². The van der Waals surface area contributed by atoms with Gasteiger partial charge in [-0.2, -0.15) is 4.58 Å². The molecule has 0 spiro atoms. The summed E-state index contributed by atoms with van der Waals surface area (Å²) in [5, 5.41) is 5.10. The average molecular weight is 409 g/mol. The Hall–Kier alpha value is -3.13. The minimum atomic E-state index is 0.389. The Bertz CT molecular complexity index is 1350. The van der Waals surface area contributed by atoms with E-state index in [1.54, 1.807) is 0 Å². The predicted octanol–water partition coefficient (Wildman–Crippen LogP) is 6.72. The third kappa shape index (κ3) is 3.13. The largest absolute Gasteiger partial charge is 0.437 e. The third-order valence-electron chi connectivity index (χ3n) is 6.90. The SMILES string of the molecule is Cc1cc2ccccc2c(C)c1-c1ccc2ccccc2c1C1=[N+](C)[C@@H](C(C)C)CO1. The molecule has 0 aliphatic carbocycles. The Morgan fingerprint density at radius 1 is 0.839 bits per heavy atom. The number of ether oxygens (including phenoxy) is 1. The zero-order valence-corrected chi connectivity index (χ0v) is 19.1. The highest BCUT2D eigenvalue weighted by Crippen LogP contribution is 2.38. The Kier molecular flexibility index (Phi) is 4.81. The highest BCUT2D eigenvalue weighted by atomic mass is 16.5. The van der Waals surface area contributed by atoms with Crippen LogP contribution in [0.4, 0.5) is 0 Å². The summed E-state index contributed by atoms with van der Waals surface area (Å²) in [6.45, 7) is 9.77. The molecule has 5 rings (SSSR count). The van der Waals surface area contributed by atoms with Gasteiger partial charge in [-0.3, -0.25) is 0 Å². The Morgan fingerprint density at radius 2 is 1.52 bits per heavy atom. The molecule has 4 aromatic rings. The number of benzene rings is 4. The number of fused-ring (bicyclic) bond motifs is 2. The van der Waals surface area contributed by atoms with Crippen molar-refractivity contribution in [3.63, 3.8) is 0 Å². The topological polar surface area (TPSA) is 12.2 Å². The van der Waals surface area contributed by atoms with Crippen molar-refractivity contribution in [3.8, 4) is 11.1 Å². The van der Waals surface area contributed by atoms with Crippen LogP contribution in [0.25, 0.3) is 32.7 Å². The lowest BCUT2D eigenvalue weighted by Crippen LogP contribution is -2.28. The molecule has 31 heavy (non-hydrogen) atoms. The highest BCUT2D eigenvalue weighted by Gasteiger charge is 2.37. The normalized spacial score (nSPS) is 16.5. The van der Waals surface area contributed by atoms with Crippen LogP contribution in [0, 0.1) is 19.8 Å². The van der Waals surface area contributed by atoms with E-state index in [-0.39, 0.29) is 0 Å². The van der Waals surface area contributed by atoms with Gasteiger partial charge in [0.1, 0.15) is 12.6 Å². The molecule has 0 saturated heterocycles. The van der Waals surface area contributed by atoms with Crippen molar-refractivity contribution in [1.82, 2.24) is 0 Å². The number of nitrogens with zero attached hydrogens (tertiary/aromatic N) is 1. The maximum absolute atomic E-state index is 6.41. The van der Waals surface area contributed by atoms with Gasteiger partial charge in [0.2, 0.25) is 0 Å². The Balaban J connectivity index is 1.87. The van der Waals surface area contributed by atoms with E-state index in [9.17, 15) is 0 Å². The lowest BCUT2D eigenvalue weighted by atomic mass is 9.86. The number of likely N-dealkylation sites (N-methyl/N-ethyl adjacent to an activating group) is 1. The van der Waals surface area contributed by atoms with Gasteiger partial charge in [-0.25, -0.2) is 0 Å². The summed E-state index contributed by atoms with van der Waals surface area (Å²) in [6.07, 6.45) is 0. The van der Waals surface area contributed by atoms with Crippen LogP contribution in [0.15, 0.2) is 66.7 Å². The van der Waals surface area contributed by atoms with E-state index in [0.29, 0.717) is 12.0 Å². The first kappa shape index (κ1) is 19.8. The lowest BCUT2D eigenvalue weighted by molar-refractivity contribution is -0.534. The van der Waals surface area contributed by atoms with Gasteiger partial charge >= 0.3 is 5.90 Å². The van der Waals surface area contributed by atoms with Crippen molar-refractivity contribution >= 4 is 27.4 Å². The van der Waals surface area contributed by atoms with Gasteiger partial charge in [0.05, 0.1) is 0 Å². The standard InChI is InChI=1S/C29H30NO/c1-18(2)26-17-31-29(30(26)5)28-24-13-9-6-10-21(24)14-15-25(28)27-19(3)16-22-11-7-8-12-23(22)20(27)4/h6-16,18,26H,17H2,1-5H3/q+1/t26-/m1/s1. The van der Waals surface area contributed by atoms with Crippen molar-refractivity contribution in [2.24, 2.45) is 5.92 Å². The molecule has 1 aliphatic heterocycles. The number of rotatable bonds is 3. The number of hydrogen-bond acceptors (Lipinski definition) is 1. The van der Waals surface area contributed by atoms with Crippen molar-refractivity contribution in [1.29, 1.82) is 0 Å². The molecular weight excluding hydrogens is 378 g/mol. The zero-order valence-electron chi connectivity index (χ0n) is 19.1. The van der Waals surface area contributed by atoms with E-state index >= 15 is 0 Å². The number of aryl methyl sites for hydroxylation is 2. The minimum Gasteiger partial charge on any atom is -0.437 e. The molecule has 2 heteroatoms. The number of hydrogen-bond donors (Lipinski definition) is 0. The summed E-state index contributed by atoms with van der Waals surface area (Å²) in [7, 11) is 2.18. The fraction of sp³-hybridized carbons (Fsp3) is 0.276. The maximum Gasteiger partial charge on any atom is 0.371 e. The highest BCUT2D eigenvalue weighted by molar-refractivity contribution is 6.12. The summed E-state index contributed by atoms with van der Waals surface area (Å²) in [4.78, 5) is 0. The Labute approximate surface area is 184 Å². The molecule has 1 atom stereocenters. The first-order valence-electron chi connectivity index (χ1n) is 11.2. The molecule has 0 unspecified atom stereocenters. The molecule has 0 bridgehead atoms. The molecule has 4 aromatic carbocycles. The zero-order chi connectivity index (χ0) is 21.7. The first-order valence-corrected chi connectivity index (χ1v) is 11.2. The second-order valence-electron chi connectivity index (χ2n) is 9.16. The fourth-order valence-corrected chi connectivity index (χ4v) is 5.24. The van der Waals surface area contributed by atoms with E-state index in [1.165, 1.54) is 49.4 Å². The Morgan fingerprint density at radius 3 is 2.23 bits per heavy atom. The van der Waals surface area contributed by atoms with E-state index in [0.717, 1.165) is 12.5 Å². The quantitative estimate of drug-likeness (QED) is 0.343. The molecule has 0 fully saturated rings. The summed E-state index contributed by atoms with van der Waals surface area (Å²) in [6, 6.07) is 24.6. The van der Waals surface area contributed by atoms with Gasteiger partial charge in [0, 0.05) is 11.5 Å². The fourth-order valence-electron chi connectivity index (χ4n) is 5.24. The molecule has 1 aliphatic rings. The van der Waals surface area contributed by atoms with Crippen molar-refractivity contribution in [3.05, 3.63) is 83.4 Å². The monoisotopic (exact) mass is 408 g/mol. The average Bonchev–Trinajstić information content (AvgIpc) is 3.14. The van der Waals surface area contributed by atoms with Gasteiger partial charge in [0.25, 0.3) is 0 Å². The minimum absolute atomic E-state index is 0.389. The molecule has 0 saturated carbocycles. The molecule has 0 N–H and O–H groups in total. The van der Waals surface area contributed by atoms with Crippen LogP contribution in [-0.4, -0.2) is 30.2 Å². The van der Waals surface area contributed by atoms with Gasteiger partial charge in [-0.1, -0.05) is 80.6 Å². The summed E-state index contributed by atoms with van der Waals surface area (Å²) >= 11 is 0. The summed E-state index contributed by atoms with van der Waals surface area (Å²) in [5.41, 5.74) is 6.41. The molecule has 2 nitrogen and oxygen atoms in total. The van der Waals surface area contributed by atoms with Crippen molar-refractivity contribution in [2.75, 3.05) is 13.7 Å². The van der Waals surface area contributed by atoms with Crippen molar-refractivity contribution in [2.45, 2.75) is 33.7 Å². The van der Waals surface area contributed by atoms with Gasteiger partial charge in [-0.05, 0) is 52.1 Å². The van der Waals surface area contributed by atoms with Gasteiger partial charge in [-0.15, -0.1) is 0 Å². The summed E-state index contributed by atoms with van der Waals surface area (Å²) in [5.74, 6) is 1.53. The van der Waals surface area contributed by atoms with Crippen LogP contribution in [0.3, 0.4) is 0 Å². The smallest absolute Gasteiger partial charge is 0.371 e. The maximum atomic E-state index is 6.41. The van der Waals surface area contributed by atoms with Gasteiger partial charge < -0.3 is 4.74 Å². The van der Waals surface area contributed by atoms with E-state index in [1.807, 2.05) is 0 Å². The van der Waals surface area contributed by atoms with Crippen LogP contribution < -0.4 is 0 Å². The van der Waals surface area contributed by atoms with E-state index in [2.05, 4.69) is 106 Å². The third-order valence-corrected chi connectivity index (χ3v) is 6.90. The summed E-state index contributed by atoms with van der Waals surface area (Å²) < 4.78 is 8.75. The first-order chi connectivity index (χ1) is 15.0. The molecule has 1 heterocycles. The van der Waals surface area contributed by atoms with Crippen molar-refractivity contribution < 1.29 is 9.31 Å². The lowest BCUT2D eigenvalue weighted by Gasteiger charge is -2.17. The van der Waals surface area contributed by atoms with Crippen LogP contribution in [0.5, 0.6) is 0 Å². The predicted molar refractivity (Wildman–Crippen MR) is 131 cm³/mol. The molecule has 156 valence electrons. The molecule has 0 amide bonds. The van der Waals surface area contributed by atoms with E-state index < -0.39 is 0 Å². The van der Waals surface area contributed by atoms with Crippen LogP contribution >= 0.6 is 0 Å². The molecular formula is C29H30NO+. The molecule has 0 aromatic heterocycles. The second-order valence-corrected chi connectivity index (χ2v) is 9.16. The van der Waals surface area contributed by atoms with Crippen LogP contribution in [0.2, 0.25) is 0 Å². The van der Waals surface area contributed by atoms with Crippen LogP contribution in [-0.2, 0) is 4.74 Å². The second kappa shape index (κ2) is 7.53. The molecule has 0 radical (unpaired) electrons. The van der Waals surface area contributed by atoms with Crippen LogP contribution in [0.1, 0.15) is 30.5 Å². The van der Waals surface area contributed by atoms with Gasteiger partial charge in [0.15, 0.2) is 12.6 Å².